The largest absolute Gasteiger partial charge is 0.338 e. The number of nitrogens with zero attached hydrogens (tertiary/aromatic N) is 5. The van der Waals surface area contributed by atoms with Crippen LogP contribution in [0.5, 0.6) is 0 Å². The fourth-order valence-corrected chi connectivity index (χ4v) is 2.92. The number of hydrogen-bond acceptors (Lipinski definition) is 7. The Kier molecular flexibility index (Phi) is 5.31. The normalized spacial score (nSPS) is 14.9. The average Bonchev–Trinajstić information content (AvgIpc) is 2.63. The van der Waals surface area contributed by atoms with Gasteiger partial charge in [0.1, 0.15) is 0 Å². The Bertz CT molecular complexity index is 877. The van der Waals surface area contributed by atoms with Gasteiger partial charge >= 0.3 is 0 Å². The fraction of sp³-hybridized carbons (Fsp3) is 0.389. The number of aryl methyl sites for hydroxylation is 2. The van der Waals surface area contributed by atoms with E-state index in [1.165, 1.54) is 12.3 Å². The molecule has 2 heterocycles. The molecule has 9 nitrogen and oxygen atoms in total. The number of amides is 1. The summed E-state index contributed by atoms with van der Waals surface area (Å²) in [5.74, 6) is 0.221. The molecule has 0 atom stereocenters. The number of likely N-dealkylation sites (N-methyl/N-ethyl adjacent to an activating group) is 1. The minimum absolute atomic E-state index is 0.0359. The zero-order valence-electron chi connectivity index (χ0n) is 15.6. The van der Waals surface area contributed by atoms with Crippen molar-refractivity contribution in [2.75, 3.05) is 43.4 Å². The molecule has 2 aromatic rings. The van der Waals surface area contributed by atoms with Gasteiger partial charge in [-0.2, -0.15) is 0 Å². The van der Waals surface area contributed by atoms with Crippen molar-refractivity contribution in [1.82, 2.24) is 14.9 Å². The van der Waals surface area contributed by atoms with E-state index in [1.807, 2.05) is 0 Å². The predicted octanol–water partition coefficient (Wildman–Crippen LogP) is 2.01. The van der Waals surface area contributed by atoms with Gasteiger partial charge in [-0.1, -0.05) is 6.07 Å². The molecule has 0 bridgehead atoms. The van der Waals surface area contributed by atoms with Gasteiger partial charge in [0.05, 0.1) is 16.2 Å². The Morgan fingerprint density at radius 2 is 1.93 bits per heavy atom. The zero-order valence-corrected chi connectivity index (χ0v) is 15.6. The van der Waals surface area contributed by atoms with Crippen LogP contribution in [0.1, 0.15) is 21.6 Å². The van der Waals surface area contributed by atoms with Crippen molar-refractivity contribution in [3.05, 3.63) is 51.3 Å². The molecule has 1 aromatic carbocycles. The first-order chi connectivity index (χ1) is 12.8. The van der Waals surface area contributed by atoms with Gasteiger partial charge < -0.3 is 15.1 Å². The highest BCUT2D eigenvalue weighted by atomic mass is 16.6. The second kappa shape index (κ2) is 7.67. The van der Waals surface area contributed by atoms with E-state index in [4.69, 9.17) is 0 Å². The first-order valence-corrected chi connectivity index (χ1v) is 8.68. The molecule has 1 N–H and O–H groups in total. The minimum Gasteiger partial charge on any atom is -0.338 e. The first kappa shape index (κ1) is 18.7. The zero-order chi connectivity index (χ0) is 19.6. The Balaban J connectivity index is 1.75. The third-order valence-corrected chi connectivity index (χ3v) is 4.66. The van der Waals surface area contributed by atoms with E-state index in [-0.39, 0.29) is 5.69 Å². The number of aromatic nitrogens is 2. The van der Waals surface area contributed by atoms with Gasteiger partial charge in [0.2, 0.25) is 5.95 Å². The molecule has 0 unspecified atom stereocenters. The number of nitrogens with one attached hydrogen (secondary N) is 1. The van der Waals surface area contributed by atoms with Crippen LogP contribution in [-0.2, 0) is 0 Å². The molecule has 3 rings (SSSR count). The maximum Gasteiger partial charge on any atom is 0.274 e. The standard InChI is InChI=1S/C18H22N6O3/c1-12-4-5-14(10-16(12)24(26)27)21-17(25)15-11-19-18(20-13(15)2)23-8-6-22(3)7-9-23/h4-5,10-11H,6-9H2,1-3H3,(H,21,25). The molecular formula is C18H22N6O3. The van der Waals surface area contributed by atoms with E-state index in [9.17, 15) is 14.9 Å². The topological polar surface area (TPSA) is 104 Å². The molecule has 142 valence electrons. The molecule has 1 aromatic heterocycles. The highest BCUT2D eigenvalue weighted by Crippen LogP contribution is 2.23. The lowest BCUT2D eigenvalue weighted by molar-refractivity contribution is -0.385. The smallest absolute Gasteiger partial charge is 0.274 e. The summed E-state index contributed by atoms with van der Waals surface area (Å²) in [4.78, 5) is 36.3. The maximum atomic E-state index is 12.6. The van der Waals surface area contributed by atoms with E-state index < -0.39 is 10.8 Å². The molecule has 0 aliphatic carbocycles. The summed E-state index contributed by atoms with van der Waals surface area (Å²) in [6, 6.07) is 4.59. The van der Waals surface area contributed by atoms with Crippen molar-refractivity contribution < 1.29 is 9.72 Å². The SMILES string of the molecule is Cc1ccc(NC(=O)c2cnc(N3CCN(C)CC3)nc2C)cc1[N+](=O)[O-]. The third-order valence-electron chi connectivity index (χ3n) is 4.66. The molecule has 0 spiro atoms. The summed E-state index contributed by atoms with van der Waals surface area (Å²) < 4.78 is 0. The number of nitro groups is 1. The average molecular weight is 370 g/mol. The highest BCUT2D eigenvalue weighted by Gasteiger charge is 2.19. The van der Waals surface area contributed by atoms with Gasteiger partial charge in [0.25, 0.3) is 11.6 Å². The van der Waals surface area contributed by atoms with Crippen LogP contribution in [0, 0.1) is 24.0 Å². The van der Waals surface area contributed by atoms with Crippen LogP contribution in [-0.4, -0.2) is 58.9 Å². The van der Waals surface area contributed by atoms with Gasteiger partial charge in [-0.25, -0.2) is 9.97 Å². The minimum atomic E-state index is -0.468. The number of rotatable bonds is 4. The first-order valence-electron chi connectivity index (χ1n) is 8.68. The number of benzene rings is 1. The summed E-state index contributed by atoms with van der Waals surface area (Å²) in [7, 11) is 2.08. The Morgan fingerprint density at radius 3 is 2.56 bits per heavy atom. The molecule has 1 saturated heterocycles. The summed E-state index contributed by atoms with van der Waals surface area (Å²) in [6.45, 7) is 6.98. The maximum absolute atomic E-state index is 12.6. The van der Waals surface area contributed by atoms with Crippen molar-refractivity contribution >= 4 is 23.2 Å². The Hall–Kier alpha value is -3.07. The number of anilines is 2. The molecule has 1 amide bonds. The van der Waals surface area contributed by atoms with Crippen molar-refractivity contribution in [2.45, 2.75) is 13.8 Å². The van der Waals surface area contributed by atoms with Crippen LogP contribution in [0.25, 0.3) is 0 Å². The lowest BCUT2D eigenvalue weighted by Gasteiger charge is -2.32. The molecule has 1 fully saturated rings. The Morgan fingerprint density at radius 1 is 1.22 bits per heavy atom. The quantitative estimate of drug-likeness (QED) is 0.648. The second-order valence-corrected chi connectivity index (χ2v) is 6.67. The fourth-order valence-electron chi connectivity index (χ4n) is 2.92. The van der Waals surface area contributed by atoms with Crippen LogP contribution in [0.3, 0.4) is 0 Å². The van der Waals surface area contributed by atoms with Crippen molar-refractivity contribution in [3.63, 3.8) is 0 Å². The second-order valence-electron chi connectivity index (χ2n) is 6.67. The van der Waals surface area contributed by atoms with Crippen LogP contribution in [0.4, 0.5) is 17.3 Å². The van der Waals surface area contributed by atoms with Crippen molar-refractivity contribution in [2.24, 2.45) is 0 Å². The van der Waals surface area contributed by atoms with E-state index in [1.54, 1.807) is 26.0 Å². The van der Waals surface area contributed by atoms with Gasteiger partial charge in [-0.15, -0.1) is 0 Å². The van der Waals surface area contributed by atoms with E-state index in [2.05, 4.69) is 32.1 Å². The lowest BCUT2D eigenvalue weighted by Crippen LogP contribution is -2.45. The molecule has 1 aliphatic heterocycles. The summed E-state index contributed by atoms with van der Waals surface area (Å²) in [5.41, 5.74) is 1.77. The van der Waals surface area contributed by atoms with Gasteiger partial charge in [0, 0.05) is 49.7 Å². The predicted molar refractivity (Wildman–Crippen MR) is 102 cm³/mol. The third kappa shape index (κ3) is 4.20. The monoisotopic (exact) mass is 370 g/mol. The number of carbonyl (C=O) groups excluding carboxylic acids is 1. The van der Waals surface area contributed by atoms with Crippen LogP contribution in [0.2, 0.25) is 0 Å². The number of carbonyl (C=O) groups is 1. The molecule has 9 heteroatoms. The summed E-state index contributed by atoms with van der Waals surface area (Å²) >= 11 is 0. The summed E-state index contributed by atoms with van der Waals surface area (Å²) in [6.07, 6.45) is 1.51. The van der Waals surface area contributed by atoms with E-state index in [0.717, 1.165) is 26.2 Å². The van der Waals surface area contributed by atoms with Gasteiger partial charge in [-0.3, -0.25) is 14.9 Å². The lowest BCUT2D eigenvalue weighted by atomic mass is 10.1. The van der Waals surface area contributed by atoms with Gasteiger partial charge in [0.15, 0.2) is 0 Å². The van der Waals surface area contributed by atoms with Crippen molar-refractivity contribution in [1.29, 1.82) is 0 Å². The highest BCUT2D eigenvalue weighted by molar-refractivity contribution is 6.05. The van der Waals surface area contributed by atoms with E-state index >= 15 is 0 Å². The van der Waals surface area contributed by atoms with Crippen LogP contribution >= 0.6 is 0 Å². The molecule has 0 radical (unpaired) electrons. The molecule has 0 saturated carbocycles. The molecule has 1 aliphatic rings. The molecule has 27 heavy (non-hydrogen) atoms. The number of hydrogen-bond donors (Lipinski definition) is 1. The number of piperazine rings is 1. The van der Waals surface area contributed by atoms with Gasteiger partial charge in [-0.05, 0) is 27.0 Å². The molecular weight excluding hydrogens is 348 g/mol. The summed E-state index contributed by atoms with van der Waals surface area (Å²) in [5, 5.41) is 13.7. The Labute approximate surface area is 157 Å². The van der Waals surface area contributed by atoms with E-state index in [0.29, 0.717) is 28.5 Å². The van der Waals surface area contributed by atoms with Crippen LogP contribution in [0.15, 0.2) is 24.4 Å². The number of nitro benzene ring substituents is 1. The van der Waals surface area contributed by atoms with Crippen LogP contribution < -0.4 is 10.2 Å². The van der Waals surface area contributed by atoms with Crippen molar-refractivity contribution in [3.8, 4) is 0 Å².